The van der Waals surface area contributed by atoms with E-state index < -0.39 is 43.7 Å². The van der Waals surface area contributed by atoms with Gasteiger partial charge in [-0.25, -0.2) is 17.6 Å². The van der Waals surface area contributed by atoms with Crippen LogP contribution < -0.4 is 0 Å². The van der Waals surface area contributed by atoms with Crippen LogP contribution in [0.15, 0.2) is 17.0 Å². The molecule has 1 N–H and O–H groups in total. The van der Waals surface area contributed by atoms with Gasteiger partial charge >= 0.3 is 5.97 Å². The Balaban J connectivity index is 3.31. The number of hydrogen-bond acceptors (Lipinski definition) is 4. The molecule has 8 heteroatoms. The number of halogens is 1. The number of carboxylic acids is 1. The van der Waals surface area contributed by atoms with E-state index >= 15 is 0 Å². The maximum atomic E-state index is 13.7. The highest BCUT2D eigenvalue weighted by molar-refractivity contribution is 7.92. The number of nitrogens with zero attached hydrogens (tertiary/aromatic N) is 1. The zero-order chi connectivity index (χ0) is 16.4. The lowest BCUT2D eigenvalue weighted by Crippen LogP contribution is -2.32. The fourth-order valence-corrected chi connectivity index (χ4v) is 3.20. The quantitative estimate of drug-likeness (QED) is 0.877. The number of benzene rings is 1. The summed E-state index contributed by atoms with van der Waals surface area (Å²) in [5, 5.41) is 8.86. The van der Waals surface area contributed by atoms with Crippen molar-refractivity contribution < 1.29 is 27.5 Å². The molecule has 1 rings (SSSR count). The number of carboxylic acid groups (broad SMARTS) is 1. The van der Waals surface area contributed by atoms with E-state index in [1.165, 1.54) is 18.9 Å². The van der Waals surface area contributed by atoms with Crippen LogP contribution in [0.25, 0.3) is 0 Å². The summed E-state index contributed by atoms with van der Waals surface area (Å²) in [4.78, 5) is 23.3. The fourth-order valence-electron chi connectivity index (χ4n) is 1.63. The van der Waals surface area contributed by atoms with Crippen molar-refractivity contribution in [1.82, 2.24) is 4.90 Å². The molecule has 0 saturated heterocycles. The maximum absolute atomic E-state index is 13.7. The van der Waals surface area contributed by atoms with E-state index in [9.17, 15) is 22.4 Å². The maximum Gasteiger partial charge on any atom is 0.335 e. The zero-order valence-corrected chi connectivity index (χ0v) is 12.7. The minimum absolute atomic E-state index is 0.202. The van der Waals surface area contributed by atoms with Crippen LogP contribution in [-0.4, -0.2) is 49.6 Å². The van der Waals surface area contributed by atoms with Crippen molar-refractivity contribution >= 4 is 21.7 Å². The van der Waals surface area contributed by atoms with Crippen molar-refractivity contribution in [3.05, 3.63) is 29.1 Å². The standard InChI is InChI=1S/C13H16FNO5S/c1-4-15(3)12(16)7-21(19,20)11-6-9(13(17)18)5-10(14)8(11)2/h5-6H,4,7H2,1-3H3,(H,17,18). The van der Waals surface area contributed by atoms with Gasteiger partial charge in [0, 0.05) is 19.2 Å². The minimum Gasteiger partial charge on any atom is -0.478 e. The van der Waals surface area contributed by atoms with Crippen LogP contribution in [0.1, 0.15) is 22.8 Å². The predicted molar refractivity (Wildman–Crippen MR) is 73.5 cm³/mol. The van der Waals surface area contributed by atoms with Gasteiger partial charge < -0.3 is 10.0 Å². The van der Waals surface area contributed by atoms with E-state index in [1.807, 2.05) is 0 Å². The van der Waals surface area contributed by atoms with Gasteiger partial charge in [-0.2, -0.15) is 0 Å². The van der Waals surface area contributed by atoms with Gasteiger partial charge in [0.1, 0.15) is 11.6 Å². The second-order valence-electron chi connectivity index (χ2n) is 4.55. The Morgan fingerprint density at radius 1 is 1.33 bits per heavy atom. The molecule has 0 heterocycles. The lowest BCUT2D eigenvalue weighted by molar-refractivity contribution is -0.126. The van der Waals surface area contributed by atoms with Gasteiger partial charge in [-0.05, 0) is 26.0 Å². The molecule has 116 valence electrons. The van der Waals surface area contributed by atoms with Crippen LogP contribution in [-0.2, 0) is 14.6 Å². The number of sulfone groups is 1. The van der Waals surface area contributed by atoms with Gasteiger partial charge in [-0.3, -0.25) is 4.79 Å². The molecule has 0 saturated carbocycles. The highest BCUT2D eigenvalue weighted by atomic mass is 32.2. The molecule has 0 spiro atoms. The molecule has 0 radical (unpaired) electrons. The Morgan fingerprint density at radius 3 is 2.38 bits per heavy atom. The van der Waals surface area contributed by atoms with Gasteiger partial charge in [0.25, 0.3) is 0 Å². The molecule has 0 atom stereocenters. The topological polar surface area (TPSA) is 91.8 Å². The van der Waals surface area contributed by atoms with E-state index in [4.69, 9.17) is 5.11 Å². The first-order valence-electron chi connectivity index (χ1n) is 6.10. The smallest absolute Gasteiger partial charge is 0.335 e. The number of carbonyl (C=O) groups excluding carboxylic acids is 1. The van der Waals surface area contributed by atoms with Crippen molar-refractivity contribution in [1.29, 1.82) is 0 Å². The van der Waals surface area contributed by atoms with Crippen LogP contribution in [0.5, 0.6) is 0 Å². The molecule has 1 aromatic carbocycles. The number of hydrogen-bond donors (Lipinski definition) is 1. The van der Waals surface area contributed by atoms with E-state index in [2.05, 4.69) is 0 Å². The van der Waals surface area contributed by atoms with Crippen molar-refractivity contribution in [2.45, 2.75) is 18.7 Å². The van der Waals surface area contributed by atoms with E-state index in [0.29, 0.717) is 6.54 Å². The molecule has 1 aromatic rings. The third-order valence-corrected chi connectivity index (χ3v) is 4.81. The largest absolute Gasteiger partial charge is 0.478 e. The molecule has 0 fully saturated rings. The molecular formula is C13H16FNO5S. The summed E-state index contributed by atoms with van der Waals surface area (Å²) in [6.07, 6.45) is 0. The summed E-state index contributed by atoms with van der Waals surface area (Å²) in [7, 11) is -2.67. The lowest BCUT2D eigenvalue weighted by Gasteiger charge is -2.15. The average Bonchev–Trinajstić information content (AvgIpc) is 2.39. The average molecular weight is 317 g/mol. The second kappa shape index (κ2) is 6.21. The minimum atomic E-state index is -4.12. The first-order valence-corrected chi connectivity index (χ1v) is 7.75. The molecule has 0 aromatic heterocycles. The van der Waals surface area contributed by atoms with E-state index in [0.717, 1.165) is 12.1 Å². The Bertz CT molecular complexity index is 684. The lowest BCUT2D eigenvalue weighted by atomic mass is 10.1. The summed E-state index contributed by atoms with van der Waals surface area (Å²) in [5.74, 6) is -3.86. The summed E-state index contributed by atoms with van der Waals surface area (Å²) < 4.78 is 38.1. The zero-order valence-electron chi connectivity index (χ0n) is 11.9. The third kappa shape index (κ3) is 3.78. The third-order valence-electron chi connectivity index (χ3n) is 3.09. The molecule has 0 bridgehead atoms. The van der Waals surface area contributed by atoms with Crippen molar-refractivity contribution in [3.63, 3.8) is 0 Å². The molecular weight excluding hydrogens is 301 g/mol. The molecule has 6 nitrogen and oxygen atoms in total. The van der Waals surface area contributed by atoms with Crippen molar-refractivity contribution in [3.8, 4) is 0 Å². The van der Waals surface area contributed by atoms with Gasteiger partial charge in [-0.15, -0.1) is 0 Å². The summed E-state index contributed by atoms with van der Waals surface area (Å²) in [6.45, 7) is 3.24. The molecule has 0 unspecified atom stereocenters. The Labute approximate surface area is 122 Å². The van der Waals surface area contributed by atoms with Crippen LogP contribution in [0.2, 0.25) is 0 Å². The first-order chi connectivity index (χ1) is 9.60. The highest BCUT2D eigenvalue weighted by Crippen LogP contribution is 2.22. The van der Waals surface area contributed by atoms with E-state index in [-0.39, 0.29) is 5.56 Å². The summed E-state index contributed by atoms with van der Waals surface area (Å²) >= 11 is 0. The normalized spacial score (nSPS) is 11.2. The van der Waals surface area contributed by atoms with E-state index in [1.54, 1.807) is 6.92 Å². The SMILES string of the molecule is CCN(C)C(=O)CS(=O)(=O)c1cc(C(=O)O)cc(F)c1C. The van der Waals surface area contributed by atoms with Gasteiger partial charge in [-0.1, -0.05) is 0 Å². The number of rotatable bonds is 5. The van der Waals surface area contributed by atoms with Crippen LogP contribution >= 0.6 is 0 Å². The predicted octanol–water partition coefficient (Wildman–Crippen LogP) is 1.08. The van der Waals surface area contributed by atoms with Crippen molar-refractivity contribution in [2.75, 3.05) is 19.3 Å². The monoisotopic (exact) mass is 317 g/mol. The molecule has 0 aliphatic heterocycles. The van der Waals surface area contributed by atoms with Crippen molar-refractivity contribution in [2.24, 2.45) is 0 Å². The molecule has 21 heavy (non-hydrogen) atoms. The van der Waals surface area contributed by atoms with Crippen LogP contribution in [0.4, 0.5) is 4.39 Å². The Hall–Kier alpha value is -1.96. The van der Waals surface area contributed by atoms with Gasteiger partial charge in [0.15, 0.2) is 9.84 Å². The number of amides is 1. The van der Waals surface area contributed by atoms with Gasteiger partial charge in [0.05, 0.1) is 10.5 Å². The Kier molecular flexibility index (Phi) is 5.06. The summed E-state index contributed by atoms with van der Waals surface area (Å²) in [6, 6.07) is 1.62. The van der Waals surface area contributed by atoms with Gasteiger partial charge in [0.2, 0.25) is 5.91 Å². The number of aromatic carboxylic acids is 1. The fraction of sp³-hybridized carbons (Fsp3) is 0.385. The highest BCUT2D eigenvalue weighted by Gasteiger charge is 2.26. The second-order valence-corrected chi connectivity index (χ2v) is 6.51. The molecule has 0 aliphatic rings. The summed E-state index contributed by atoms with van der Waals surface area (Å²) in [5.41, 5.74) is -0.681. The first kappa shape index (κ1) is 17.1. The van der Waals surface area contributed by atoms with Crippen LogP contribution in [0.3, 0.4) is 0 Å². The Morgan fingerprint density at radius 2 is 1.90 bits per heavy atom. The number of carbonyl (C=O) groups is 2. The molecule has 1 amide bonds. The van der Waals surface area contributed by atoms with Crippen LogP contribution in [0, 0.1) is 12.7 Å². The molecule has 0 aliphatic carbocycles.